The van der Waals surface area contributed by atoms with Crippen molar-refractivity contribution in [1.29, 1.82) is 0 Å². The third-order valence-corrected chi connectivity index (χ3v) is 4.43. The van der Waals surface area contributed by atoms with E-state index in [0.717, 1.165) is 17.5 Å². The Morgan fingerprint density at radius 3 is 3.00 bits per heavy atom. The summed E-state index contributed by atoms with van der Waals surface area (Å²) >= 11 is 2.09. The van der Waals surface area contributed by atoms with Gasteiger partial charge in [-0.25, -0.2) is 4.98 Å². The molecule has 16 heavy (non-hydrogen) atoms. The van der Waals surface area contributed by atoms with E-state index in [4.69, 9.17) is 5.73 Å². The van der Waals surface area contributed by atoms with Crippen LogP contribution in [0.4, 0.5) is 0 Å². The summed E-state index contributed by atoms with van der Waals surface area (Å²) in [5, 5.41) is 0.740. The van der Waals surface area contributed by atoms with Crippen molar-refractivity contribution in [3.8, 4) is 0 Å². The fourth-order valence-electron chi connectivity index (χ4n) is 2.17. The topological polar surface area (TPSA) is 43.8 Å². The van der Waals surface area contributed by atoms with Gasteiger partial charge in [0.1, 0.15) is 0 Å². The minimum absolute atomic E-state index is 0.296. The van der Waals surface area contributed by atoms with E-state index >= 15 is 0 Å². The Labute approximate surface area is 102 Å². The molecule has 0 aromatic carbocycles. The summed E-state index contributed by atoms with van der Waals surface area (Å²) in [6.07, 6.45) is 7.88. The van der Waals surface area contributed by atoms with Crippen molar-refractivity contribution in [2.45, 2.75) is 50.4 Å². The second kappa shape index (κ2) is 4.80. The standard InChI is InChI=1S/C12H21N3S/c1-12(2,13)11-7-14-9-15(11)8-10-5-3-4-6-16-10/h7,9-10H,3-6,8,13H2,1-2H3. The average molecular weight is 239 g/mol. The van der Waals surface area contributed by atoms with Gasteiger partial charge in [0, 0.05) is 18.0 Å². The first-order valence-electron chi connectivity index (χ1n) is 5.98. The van der Waals surface area contributed by atoms with Crippen molar-refractivity contribution in [2.75, 3.05) is 5.75 Å². The van der Waals surface area contributed by atoms with Crippen molar-refractivity contribution in [3.05, 3.63) is 18.2 Å². The highest BCUT2D eigenvalue weighted by molar-refractivity contribution is 7.99. The van der Waals surface area contributed by atoms with Gasteiger partial charge >= 0.3 is 0 Å². The quantitative estimate of drug-likeness (QED) is 0.880. The van der Waals surface area contributed by atoms with E-state index in [1.807, 2.05) is 26.4 Å². The molecule has 1 unspecified atom stereocenters. The largest absolute Gasteiger partial charge is 0.332 e. The molecule has 1 atom stereocenters. The Bertz CT molecular complexity index is 334. The Kier molecular flexibility index (Phi) is 3.60. The van der Waals surface area contributed by atoms with Crippen LogP contribution in [0.2, 0.25) is 0 Å². The first-order valence-corrected chi connectivity index (χ1v) is 7.03. The number of nitrogens with zero attached hydrogens (tertiary/aromatic N) is 2. The highest BCUT2D eigenvalue weighted by Gasteiger charge is 2.21. The zero-order valence-corrected chi connectivity index (χ0v) is 11.0. The Morgan fingerprint density at radius 1 is 1.56 bits per heavy atom. The van der Waals surface area contributed by atoms with Gasteiger partial charge in [0.05, 0.1) is 17.6 Å². The normalized spacial score (nSPS) is 22.3. The number of aromatic nitrogens is 2. The van der Waals surface area contributed by atoms with Gasteiger partial charge < -0.3 is 10.3 Å². The lowest BCUT2D eigenvalue weighted by Gasteiger charge is -2.25. The van der Waals surface area contributed by atoms with Gasteiger partial charge in [-0.1, -0.05) is 6.42 Å². The van der Waals surface area contributed by atoms with Gasteiger partial charge in [-0.3, -0.25) is 0 Å². The minimum Gasteiger partial charge on any atom is -0.332 e. The SMILES string of the molecule is CC(C)(N)c1cncn1CC1CCCCS1. The van der Waals surface area contributed by atoms with Crippen molar-refractivity contribution in [2.24, 2.45) is 5.73 Å². The zero-order valence-electron chi connectivity index (χ0n) is 10.1. The Balaban J connectivity index is 2.06. The van der Waals surface area contributed by atoms with E-state index in [-0.39, 0.29) is 5.54 Å². The molecule has 2 heterocycles. The number of imidazole rings is 1. The number of hydrogen-bond donors (Lipinski definition) is 1. The number of nitrogens with two attached hydrogens (primary N) is 1. The van der Waals surface area contributed by atoms with E-state index < -0.39 is 0 Å². The zero-order chi connectivity index (χ0) is 11.6. The van der Waals surface area contributed by atoms with Crippen LogP contribution in [-0.2, 0) is 12.1 Å². The van der Waals surface area contributed by atoms with E-state index in [1.165, 1.54) is 25.0 Å². The van der Waals surface area contributed by atoms with Crippen molar-refractivity contribution in [1.82, 2.24) is 9.55 Å². The smallest absolute Gasteiger partial charge is 0.0949 e. The third-order valence-electron chi connectivity index (χ3n) is 3.05. The molecule has 90 valence electrons. The molecule has 0 aliphatic carbocycles. The molecule has 4 heteroatoms. The minimum atomic E-state index is -0.296. The van der Waals surface area contributed by atoms with Crippen LogP contribution in [0.25, 0.3) is 0 Å². The molecule has 2 N–H and O–H groups in total. The molecule has 1 saturated heterocycles. The molecule has 2 rings (SSSR count). The molecule has 0 radical (unpaired) electrons. The molecule has 1 aromatic rings. The summed E-state index contributed by atoms with van der Waals surface area (Å²) in [6.45, 7) is 5.13. The first-order chi connectivity index (χ1) is 7.57. The molecule has 0 bridgehead atoms. The van der Waals surface area contributed by atoms with Crippen molar-refractivity contribution >= 4 is 11.8 Å². The lowest BCUT2D eigenvalue weighted by atomic mass is 10.0. The predicted molar refractivity (Wildman–Crippen MR) is 69.5 cm³/mol. The maximum atomic E-state index is 6.14. The Hall–Kier alpha value is -0.480. The van der Waals surface area contributed by atoms with Gasteiger partial charge in [0.25, 0.3) is 0 Å². The van der Waals surface area contributed by atoms with Crippen LogP contribution in [0, 0.1) is 0 Å². The third kappa shape index (κ3) is 2.80. The fourth-order valence-corrected chi connectivity index (χ4v) is 3.48. The summed E-state index contributed by atoms with van der Waals surface area (Å²) in [6, 6.07) is 0. The fraction of sp³-hybridized carbons (Fsp3) is 0.750. The lowest BCUT2D eigenvalue weighted by molar-refractivity contribution is 0.479. The molecule has 0 spiro atoms. The second-order valence-electron chi connectivity index (χ2n) is 5.14. The van der Waals surface area contributed by atoms with Gasteiger partial charge in [-0.15, -0.1) is 0 Å². The molecule has 1 fully saturated rings. The first kappa shape index (κ1) is 12.0. The van der Waals surface area contributed by atoms with Crippen LogP contribution in [0.5, 0.6) is 0 Å². The van der Waals surface area contributed by atoms with E-state index in [0.29, 0.717) is 0 Å². The highest BCUT2D eigenvalue weighted by Crippen LogP contribution is 2.27. The maximum Gasteiger partial charge on any atom is 0.0949 e. The van der Waals surface area contributed by atoms with Crippen molar-refractivity contribution < 1.29 is 0 Å². The summed E-state index contributed by atoms with van der Waals surface area (Å²) < 4.78 is 2.23. The lowest BCUT2D eigenvalue weighted by Crippen LogP contribution is -2.32. The monoisotopic (exact) mass is 239 g/mol. The van der Waals surface area contributed by atoms with E-state index in [2.05, 4.69) is 21.3 Å². The second-order valence-corrected chi connectivity index (χ2v) is 6.55. The van der Waals surface area contributed by atoms with Crippen LogP contribution in [-0.4, -0.2) is 20.6 Å². The van der Waals surface area contributed by atoms with Crippen LogP contribution in [0.1, 0.15) is 38.8 Å². The van der Waals surface area contributed by atoms with E-state index in [1.54, 1.807) is 0 Å². The number of thioether (sulfide) groups is 1. The van der Waals surface area contributed by atoms with Crippen LogP contribution < -0.4 is 5.73 Å². The molecular formula is C12H21N3S. The van der Waals surface area contributed by atoms with Crippen LogP contribution in [0.3, 0.4) is 0 Å². The van der Waals surface area contributed by atoms with Crippen LogP contribution >= 0.6 is 11.8 Å². The molecule has 1 aliphatic heterocycles. The van der Waals surface area contributed by atoms with Crippen LogP contribution in [0.15, 0.2) is 12.5 Å². The summed E-state index contributed by atoms with van der Waals surface area (Å²) in [5.74, 6) is 1.31. The molecule has 0 saturated carbocycles. The average Bonchev–Trinajstić information content (AvgIpc) is 2.67. The molecule has 1 aliphatic rings. The van der Waals surface area contributed by atoms with E-state index in [9.17, 15) is 0 Å². The number of hydrogen-bond acceptors (Lipinski definition) is 3. The van der Waals surface area contributed by atoms with Gasteiger partial charge in [0.15, 0.2) is 0 Å². The summed E-state index contributed by atoms with van der Waals surface area (Å²) in [7, 11) is 0. The maximum absolute atomic E-state index is 6.14. The van der Waals surface area contributed by atoms with Gasteiger partial charge in [-0.2, -0.15) is 11.8 Å². The predicted octanol–water partition coefficient (Wildman–Crippen LogP) is 2.36. The van der Waals surface area contributed by atoms with Gasteiger partial charge in [-0.05, 0) is 32.4 Å². The summed E-state index contributed by atoms with van der Waals surface area (Å²) in [5.41, 5.74) is 6.98. The highest BCUT2D eigenvalue weighted by atomic mass is 32.2. The number of rotatable bonds is 3. The van der Waals surface area contributed by atoms with Crippen molar-refractivity contribution in [3.63, 3.8) is 0 Å². The summed E-state index contributed by atoms with van der Waals surface area (Å²) in [4.78, 5) is 4.23. The Morgan fingerprint density at radius 2 is 2.38 bits per heavy atom. The molecule has 0 amide bonds. The van der Waals surface area contributed by atoms with Gasteiger partial charge in [0.2, 0.25) is 0 Å². The molecule has 3 nitrogen and oxygen atoms in total. The molecule has 1 aromatic heterocycles. The molecular weight excluding hydrogens is 218 g/mol.